The Morgan fingerprint density at radius 2 is 1.69 bits per heavy atom. The van der Waals surface area contributed by atoms with Gasteiger partial charge in [-0.15, -0.1) is 0 Å². The third-order valence-corrected chi connectivity index (χ3v) is 6.10. The Bertz CT molecular complexity index is 1190. The average Bonchev–Trinajstić information content (AvgIpc) is 3.12. The smallest absolute Gasteiger partial charge is 0.266 e. The van der Waals surface area contributed by atoms with E-state index in [1.807, 2.05) is 62.4 Å². The zero-order valence-corrected chi connectivity index (χ0v) is 19.5. The quantitative estimate of drug-likeness (QED) is 0.373. The number of unbranched alkanes of at least 4 members (excludes halogenated alkanes) is 1. The van der Waals surface area contributed by atoms with E-state index < -0.39 is 0 Å². The number of halogens is 1. The van der Waals surface area contributed by atoms with Crippen LogP contribution in [0.5, 0.6) is 0 Å². The number of rotatable bonds is 6. The summed E-state index contributed by atoms with van der Waals surface area (Å²) in [5.41, 5.74) is 6.44. The number of benzene rings is 3. The first-order chi connectivity index (χ1) is 15.5. The fourth-order valence-electron chi connectivity index (χ4n) is 3.74. The van der Waals surface area contributed by atoms with Crippen LogP contribution in [0.25, 0.3) is 6.08 Å². The van der Waals surface area contributed by atoms with Crippen LogP contribution in [-0.4, -0.2) is 11.7 Å². The molecule has 3 aromatic carbocycles. The average molecular weight is 443 g/mol. The fraction of sp³-hybridized carbons (Fsp3) is 0.214. The molecule has 4 rings (SSSR count). The lowest BCUT2D eigenvalue weighted by atomic mass is 10.1. The minimum atomic E-state index is -0.141. The van der Waals surface area contributed by atoms with Gasteiger partial charge in [0.15, 0.2) is 0 Å². The van der Waals surface area contributed by atoms with Gasteiger partial charge in [-0.05, 0) is 67.7 Å². The number of aryl methyl sites for hydroxylation is 3. The van der Waals surface area contributed by atoms with E-state index in [4.69, 9.17) is 16.6 Å². The number of aliphatic imine (C=N–C) groups is 1. The maximum atomic E-state index is 13.5. The van der Waals surface area contributed by atoms with Crippen LogP contribution in [0, 0.1) is 13.8 Å². The molecule has 3 nitrogen and oxygen atoms in total. The summed E-state index contributed by atoms with van der Waals surface area (Å²) in [7, 11) is 0. The van der Waals surface area contributed by atoms with Gasteiger partial charge >= 0.3 is 0 Å². The summed E-state index contributed by atoms with van der Waals surface area (Å²) in [5.74, 6) is 0.495. The third kappa shape index (κ3) is 4.68. The maximum absolute atomic E-state index is 13.5. The minimum Gasteiger partial charge on any atom is -0.266 e. The summed E-state index contributed by atoms with van der Waals surface area (Å²) in [6.07, 6.45) is 5.24. The highest BCUT2D eigenvalue weighted by Gasteiger charge is 2.32. The van der Waals surface area contributed by atoms with Crippen LogP contribution in [0.15, 0.2) is 77.4 Å². The molecule has 0 spiro atoms. The van der Waals surface area contributed by atoms with E-state index in [0.717, 1.165) is 28.8 Å². The topological polar surface area (TPSA) is 32.7 Å². The van der Waals surface area contributed by atoms with Crippen molar-refractivity contribution in [3.63, 3.8) is 0 Å². The van der Waals surface area contributed by atoms with Crippen molar-refractivity contribution in [2.75, 3.05) is 4.90 Å². The highest BCUT2D eigenvalue weighted by Crippen LogP contribution is 2.30. The molecule has 1 aliphatic heterocycles. The second-order valence-electron chi connectivity index (χ2n) is 8.25. The number of amides is 1. The van der Waals surface area contributed by atoms with E-state index in [1.54, 1.807) is 4.90 Å². The summed E-state index contributed by atoms with van der Waals surface area (Å²) >= 11 is 6.24. The van der Waals surface area contributed by atoms with Gasteiger partial charge in [-0.1, -0.05) is 79.0 Å². The van der Waals surface area contributed by atoms with Gasteiger partial charge in [0.25, 0.3) is 5.91 Å². The predicted molar refractivity (Wildman–Crippen MR) is 134 cm³/mol. The first-order valence-corrected chi connectivity index (χ1v) is 11.4. The normalized spacial score (nSPS) is 14.9. The largest absolute Gasteiger partial charge is 0.282 e. The molecule has 1 amide bonds. The first-order valence-electron chi connectivity index (χ1n) is 11.0. The molecule has 0 atom stereocenters. The standard InChI is InChI=1S/C28H27ClN2O/c1-4-5-6-21-11-13-23(14-12-21)27-30-26(18-22-9-7-19(2)8-10-22)28(32)31(27)24-15-16-25(29)20(3)17-24/h7-18H,4-6H2,1-3H3. The van der Waals surface area contributed by atoms with Gasteiger partial charge in [0.05, 0.1) is 5.69 Å². The van der Waals surface area contributed by atoms with E-state index in [2.05, 4.69) is 31.2 Å². The van der Waals surface area contributed by atoms with Crippen LogP contribution < -0.4 is 4.90 Å². The number of carbonyl (C=O) groups is 1. The third-order valence-electron chi connectivity index (χ3n) is 5.67. The molecule has 1 aliphatic rings. The molecule has 0 fully saturated rings. The SMILES string of the molecule is CCCCc1ccc(C2=NC(=Cc3ccc(C)cc3)C(=O)N2c2ccc(Cl)c(C)c2)cc1. The molecule has 0 saturated carbocycles. The lowest BCUT2D eigenvalue weighted by Gasteiger charge is -2.19. The van der Waals surface area contributed by atoms with Crippen LogP contribution in [0.3, 0.4) is 0 Å². The molecule has 0 unspecified atom stereocenters. The molecule has 162 valence electrons. The zero-order valence-electron chi connectivity index (χ0n) is 18.7. The molecule has 0 N–H and O–H groups in total. The van der Waals surface area contributed by atoms with Crippen LogP contribution in [0.4, 0.5) is 5.69 Å². The van der Waals surface area contributed by atoms with Gasteiger partial charge in [-0.2, -0.15) is 0 Å². The predicted octanol–water partition coefficient (Wildman–Crippen LogP) is 7.13. The molecular weight excluding hydrogens is 416 g/mol. The van der Waals surface area contributed by atoms with Gasteiger partial charge in [0, 0.05) is 10.6 Å². The molecule has 0 radical (unpaired) electrons. The Hall–Kier alpha value is -3.17. The van der Waals surface area contributed by atoms with Crippen molar-refractivity contribution < 1.29 is 4.79 Å². The first kappa shape index (κ1) is 22.0. The van der Waals surface area contributed by atoms with E-state index in [1.165, 1.54) is 24.0 Å². The molecule has 0 saturated heterocycles. The van der Waals surface area contributed by atoms with E-state index in [9.17, 15) is 4.79 Å². The van der Waals surface area contributed by atoms with E-state index >= 15 is 0 Å². The van der Waals surface area contributed by atoms with Gasteiger partial charge in [-0.25, -0.2) is 4.99 Å². The molecule has 0 aliphatic carbocycles. The fourth-order valence-corrected chi connectivity index (χ4v) is 3.86. The maximum Gasteiger partial charge on any atom is 0.282 e. The van der Waals surface area contributed by atoms with Crippen molar-refractivity contribution >= 4 is 35.1 Å². The number of hydrogen-bond acceptors (Lipinski definition) is 2. The number of carbonyl (C=O) groups excluding carboxylic acids is 1. The lowest BCUT2D eigenvalue weighted by Crippen LogP contribution is -2.32. The second kappa shape index (κ2) is 9.54. The summed E-state index contributed by atoms with van der Waals surface area (Å²) in [5, 5.41) is 0.676. The highest BCUT2D eigenvalue weighted by molar-refractivity contribution is 6.34. The molecule has 0 bridgehead atoms. The van der Waals surface area contributed by atoms with Crippen molar-refractivity contribution in [3.8, 4) is 0 Å². The number of nitrogens with zero attached hydrogens (tertiary/aromatic N) is 2. The van der Waals surface area contributed by atoms with Crippen molar-refractivity contribution in [1.29, 1.82) is 0 Å². The monoisotopic (exact) mass is 442 g/mol. The van der Waals surface area contributed by atoms with E-state index in [0.29, 0.717) is 16.6 Å². The summed E-state index contributed by atoms with van der Waals surface area (Å²) in [6.45, 7) is 6.18. The molecule has 0 aromatic heterocycles. The van der Waals surface area contributed by atoms with Gasteiger partial charge in [0.2, 0.25) is 0 Å². The van der Waals surface area contributed by atoms with Gasteiger partial charge in [0.1, 0.15) is 11.5 Å². The van der Waals surface area contributed by atoms with Crippen molar-refractivity contribution in [1.82, 2.24) is 0 Å². The Kier molecular flexibility index (Phi) is 6.57. The summed E-state index contributed by atoms with van der Waals surface area (Å²) in [6, 6.07) is 22.1. The highest BCUT2D eigenvalue weighted by atomic mass is 35.5. The van der Waals surface area contributed by atoms with Crippen molar-refractivity contribution in [3.05, 3.63) is 105 Å². The Morgan fingerprint density at radius 3 is 2.34 bits per heavy atom. The van der Waals surface area contributed by atoms with Crippen LogP contribution in [0.1, 0.15) is 47.6 Å². The Balaban J connectivity index is 1.76. The molecular formula is C28H27ClN2O. The van der Waals surface area contributed by atoms with Gasteiger partial charge in [-0.3, -0.25) is 9.69 Å². The molecule has 32 heavy (non-hydrogen) atoms. The summed E-state index contributed by atoms with van der Waals surface area (Å²) in [4.78, 5) is 19.9. The van der Waals surface area contributed by atoms with Crippen molar-refractivity contribution in [2.24, 2.45) is 4.99 Å². The van der Waals surface area contributed by atoms with Crippen LogP contribution in [-0.2, 0) is 11.2 Å². The molecule has 1 heterocycles. The number of anilines is 1. The van der Waals surface area contributed by atoms with Crippen molar-refractivity contribution in [2.45, 2.75) is 40.0 Å². The van der Waals surface area contributed by atoms with Gasteiger partial charge < -0.3 is 0 Å². The Morgan fingerprint density at radius 1 is 0.969 bits per heavy atom. The number of hydrogen-bond donors (Lipinski definition) is 0. The summed E-state index contributed by atoms with van der Waals surface area (Å²) < 4.78 is 0. The number of amidine groups is 1. The molecule has 4 heteroatoms. The molecule has 3 aromatic rings. The lowest BCUT2D eigenvalue weighted by molar-refractivity contribution is -0.113. The Labute approximate surface area is 195 Å². The van der Waals surface area contributed by atoms with Crippen LogP contribution >= 0.6 is 11.6 Å². The van der Waals surface area contributed by atoms with E-state index in [-0.39, 0.29) is 5.91 Å². The second-order valence-corrected chi connectivity index (χ2v) is 8.66. The van der Waals surface area contributed by atoms with Crippen LogP contribution in [0.2, 0.25) is 5.02 Å². The minimum absolute atomic E-state index is 0.141. The zero-order chi connectivity index (χ0) is 22.7.